The molecule has 3 heterocycles. The van der Waals surface area contributed by atoms with Crippen LogP contribution in [-0.4, -0.2) is 42.7 Å². The van der Waals surface area contributed by atoms with Crippen LogP contribution in [-0.2, 0) is 11.3 Å². The highest BCUT2D eigenvalue weighted by Gasteiger charge is 2.24. The van der Waals surface area contributed by atoms with Crippen LogP contribution in [0.15, 0.2) is 47.0 Å². The van der Waals surface area contributed by atoms with Gasteiger partial charge in [0.15, 0.2) is 0 Å². The highest BCUT2D eigenvalue weighted by Crippen LogP contribution is 2.24. The Morgan fingerprint density at radius 3 is 2.84 bits per heavy atom. The number of fused-ring (bicyclic) bond motifs is 1. The Kier molecular flexibility index (Phi) is 4.88. The van der Waals surface area contributed by atoms with Crippen LogP contribution in [0.2, 0.25) is 0 Å². The fourth-order valence-electron chi connectivity index (χ4n) is 3.58. The van der Waals surface area contributed by atoms with Gasteiger partial charge in [-0.05, 0) is 36.8 Å². The van der Waals surface area contributed by atoms with Crippen molar-refractivity contribution in [1.82, 2.24) is 15.2 Å². The van der Waals surface area contributed by atoms with Gasteiger partial charge in [-0.25, -0.2) is 0 Å². The molecule has 0 aliphatic carbocycles. The van der Waals surface area contributed by atoms with Crippen molar-refractivity contribution >= 4 is 10.9 Å². The van der Waals surface area contributed by atoms with Crippen molar-refractivity contribution in [2.45, 2.75) is 19.5 Å². The van der Waals surface area contributed by atoms with E-state index in [2.05, 4.69) is 45.5 Å². The predicted molar refractivity (Wildman–Crippen MR) is 98.6 cm³/mol. The van der Waals surface area contributed by atoms with E-state index in [1.54, 1.807) is 0 Å². The first-order valence-corrected chi connectivity index (χ1v) is 8.95. The van der Waals surface area contributed by atoms with Crippen molar-refractivity contribution in [2.24, 2.45) is 0 Å². The molecule has 132 valence electrons. The van der Waals surface area contributed by atoms with Crippen LogP contribution in [0.1, 0.15) is 23.1 Å². The second-order valence-corrected chi connectivity index (χ2v) is 6.60. The van der Waals surface area contributed by atoms with E-state index in [0.717, 1.165) is 50.9 Å². The molecular formula is C20H25N3O2. The molecule has 0 spiro atoms. The maximum atomic E-state index is 5.93. The SMILES string of the molecule is Cc1ccc(C(CNCc2cccc3[nH]ccc23)N2CCOCC2)o1. The average molecular weight is 339 g/mol. The first-order valence-electron chi connectivity index (χ1n) is 8.95. The number of aromatic amines is 1. The number of furan rings is 1. The van der Waals surface area contributed by atoms with Crippen LogP contribution in [0.3, 0.4) is 0 Å². The molecule has 1 aromatic carbocycles. The van der Waals surface area contributed by atoms with E-state index < -0.39 is 0 Å². The molecule has 1 aliphatic heterocycles. The van der Waals surface area contributed by atoms with Gasteiger partial charge in [-0.1, -0.05) is 12.1 Å². The zero-order valence-electron chi connectivity index (χ0n) is 14.6. The normalized spacial score (nSPS) is 17.2. The predicted octanol–water partition coefficient (Wildman–Crippen LogP) is 3.23. The van der Waals surface area contributed by atoms with E-state index in [1.807, 2.05) is 19.2 Å². The molecule has 0 bridgehead atoms. The molecular weight excluding hydrogens is 314 g/mol. The number of aryl methyl sites for hydroxylation is 1. The van der Waals surface area contributed by atoms with E-state index in [-0.39, 0.29) is 6.04 Å². The minimum Gasteiger partial charge on any atom is -0.465 e. The molecule has 3 aromatic rings. The largest absolute Gasteiger partial charge is 0.465 e. The molecule has 1 saturated heterocycles. The maximum Gasteiger partial charge on any atom is 0.122 e. The first kappa shape index (κ1) is 16.4. The zero-order chi connectivity index (χ0) is 17.1. The van der Waals surface area contributed by atoms with E-state index in [1.165, 1.54) is 16.5 Å². The molecule has 0 amide bonds. The van der Waals surface area contributed by atoms with Gasteiger partial charge in [-0.15, -0.1) is 0 Å². The Morgan fingerprint density at radius 1 is 1.16 bits per heavy atom. The van der Waals surface area contributed by atoms with Crippen molar-refractivity contribution < 1.29 is 9.15 Å². The Balaban J connectivity index is 1.46. The van der Waals surface area contributed by atoms with Gasteiger partial charge in [0.2, 0.25) is 0 Å². The van der Waals surface area contributed by atoms with Crippen LogP contribution in [0.4, 0.5) is 0 Å². The molecule has 1 aliphatic rings. The van der Waals surface area contributed by atoms with Gasteiger partial charge in [0.05, 0.1) is 19.3 Å². The van der Waals surface area contributed by atoms with Crippen LogP contribution < -0.4 is 5.32 Å². The number of nitrogens with zero attached hydrogens (tertiary/aromatic N) is 1. The Hall–Kier alpha value is -2.08. The summed E-state index contributed by atoms with van der Waals surface area (Å²) < 4.78 is 11.4. The molecule has 4 rings (SSSR count). The second kappa shape index (κ2) is 7.44. The van der Waals surface area contributed by atoms with Crippen molar-refractivity contribution in [3.8, 4) is 0 Å². The summed E-state index contributed by atoms with van der Waals surface area (Å²) in [4.78, 5) is 5.72. The summed E-state index contributed by atoms with van der Waals surface area (Å²) in [6.07, 6.45) is 2.00. The smallest absolute Gasteiger partial charge is 0.122 e. The van der Waals surface area contributed by atoms with Gasteiger partial charge in [-0.3, -0.25) is 4.90 Å². The number of hydrogen-bond donors (Lipinski definition) is 2. The second-order valence-electron chi connectivity index (χ2n) is 6.60. The van der Waals surface area contributed by atoms with E-state index in [0.29, 0.717) is 0 Å². The van der Waals surface area contributed by atoms with Gasteiger partial charge in [0.1, 0.15) is 11.5 Å². The maximum absolute atomic E-state index is 5.93. The van der Waals surface area contributed by atoms with Gasteiger partial charge >= 0.3 is 0 Å². The summed E-state index contributed by atoms with van der Waals surface area (Å²) in [7, 11) is 0. The van der Waals surface area contributed by atoms with E-state index >= 15 is 0 Å². The van der Waals surface area contributed by atoms with Crippen LogP contribution >= 0.6 is 0 Å². The van der Waals surface area contributed by atoms with Crippen LogP contribution in [0.25, 0.3) is 10.9 Å². The van der Waals surface area contributed by atoms with Crippen molar-refractivity contribution in [1.29, 1.82) is 0 Å². The molecule has 5 heteroatoms. The lowest BCUT2D eigenvalue weighted by molar-refractivity contribution is 0.0115. The topological polar surface area (TPSA) is 53.4 Å². The van der Waals surface area contributed by atoms with Gasteiger partial charge in [-0.2, -0.15) is 0 Å². The highest BCUT2D eigenvalue weighted by molar-refractivity contribution is 5.82. The molecule has 5 nitrogen and oxygen atoms in total. The third-order valence-electron chi connectivity index (χ3n) is 4.91. The summed E-state index contributed by atoms with van der Waals surface area (Å²) >= 11 is 0. The number of rotatable bonds is 6. The molecule has 1 atom stereocenters. The monoisotopic (exact) mass is 339 g/mol. The van der Waals surface area contributed by atoms with Crippen molar-refractivity contribution in [3.63, 3.8) is 0 Å². The summed E-state index contributed by atoms with van der Waals surface area (Å²) in [5, 5.41) is 4.92. The standard InChI is InChI=1S/C20H25N3O2/c1-15-5-6-20(25-15)19(23-9-11-24-12-10-23)14-21-13-16-3-2-4-18-17(16)7-8-22-18/h2-8,19,21-22H,9-14H2,1H3. The number of ether oxygens (including phenoxy) is 1. The molecule has 0 radical (unpaired) electrons. The van der Waals surface area contributed by atoms with Gasteiger partial charge in [0, 0.05) is 43.3 Å². The summed E-state index contributed by atoms with van der Waals surface area (Å²) in [5.74, 6) is 2.00. The lowest BCUT2D eigenvalue weighted by Gasteiger charge is -2.33. The fraction of sp³-hybridized carbons (Fsp3) is 0.400. The molecule has 25 heavy (non-hydrogen) atoms. The number of aromatic nitrogens is 1. The number of H-pyrrole nitrogens is 1. The van der Waals surface area contributed by atoms with Gasteiger partial charge in [0.25, 0.3) is 0 Å². The minimum atomic E-state index is 0.239. The van der Waals surface area contributed by atoms with Crippen LogP contribution in [0, 0.1) is 6.92 Å². The first-order chi connectivity index (χ1) is 12.3. The van der Waals surface area contributed by atoms with Crippen LogP contribution in [0.5, 0.6) is 0 Å². The Morgan fingerprint density at radius 2 is 2.04 bits per heavy atom. The van der Waals surface area contributed by atoms with Gasteiger partial charge < -0.3 is 19.5 Å². The fourth-order valence-corrected chi connectivity index (χ4v) is 3.58. The number of morpholine rings is 1. The zero-order valence-corrected chi connectivity index (χ0v) is 14.6. The molecule has 1 unspecified atom stereocenters. The summed E-state index contributed by atoms with van der Waals surface area (Å²) in [5.41, 5.74) is 2.50. The third-order valence-corrected chi connectivity index (χ3v) is 4.91. The summed E-state index contributed by atoms with van der Waals surface area (Å²) in [6.45, 7) is 7.17. The third kappa shape index (κ3) is 3.63. The number of benzene rings is 1. The average Bonchev–Trinajstić information content (AvgIpc) is 3.29. The van der Waals surface area contributed by atoms with Crippen molar-refractivity contribution in [3.05, 3.63) is 59.7 Å². The van der Waals surface area contributed by atoms with E-state index in [4.69, 9.17) is 9.15 Å². The molecule has 2 N–H and O–H groups in total. The Bertz CT molecular complexity index is 817. The highest BCUT2D eigenvalue weighted by atomic mass is 16.5. The van der Waals surface area contributed by atoms with E-state index in [9.17, 15) is 0 Å². The molecule has 1 fully saturated rings. The minimum absolute atomic E-state index is 0.239. The van der Waals surface area contributed by atoms with Crippen molar-refractivity contribution in [2.75, 3.05) is 32.8 Å². The summed E-state index contributed by atoms with van der Waals surface area (Å²) in [6, 6.07) is 12.9. The lowest BCUT2D eigenvalue weighted by atomic mass is 10.1. The lowest BCUT2D eigenvalue weighted by Crippen LogP contribution is -2.42. The quantitative estimate of drug-likeness (QED) is 0.724. The number of nitrogens with one attached hydrogen (secondary N) is 2. The molecule has 2 aromatic heterocycles. The Labute approximate surface area is 148 Å². The molecule has 0 saturated carbocycles. The number of hydrogen-bond acceptors (Lipinski definition) is 4.